The molecule has 0 bridgehead atoms. The van der Waals surface area contributed by atoms with Gasteiger partial charge in [-0.15, -0.1) is 0 Å². The highest BCUT2D eigenvalue weighted by molar-refractivity contribution is 6.51. The lowest BCUT2D eigenvalue weighted by atomic mass is 10.0. The minimum absolute atomic E-state index is 2.19. The Labute approximate surface area is 119 Å². The van der Waals surface area contributed by atoms with Crippen LogP contribution in [0.4, 0.5) is 39.5 Å². The maximum Gasteiger partial charge on any atom is 0.455 e. The van der Waals surface area contributed by atoms with Crippen molar-refractivity contribution in [2.45, 2.75) is 24.8 Å². The number of rotatable bonds is 2. The summed E-state index contributed by atoms with van der Waals surface area (Å²) in [6.07, 6.45) is -20.8. The van der Waals surface area contributed by atoms with E-state index >= 15 is 0 Å². The van der Waals surface area contributed by atoms with Gasteiger partial charge in [0.15, 0.2) is 5.71 Å². The van der Waals surface area contributed by atoms with Crippen molar-refractivity contribution in [1.82, 2.24) is 0 Å². The first-order valence-corrected chi connectivity index (χ1v) is 5.04. The molecule has 0 saturated heterocycles. The molecule has 0 aromatic rings. The van der Waals surface area contributed by atoms with E-state index in [-0.39, 0.29) is 0 Å². The van der Waals surface area contributed by atoms with Crippen molar-refractivity contribution in [2.24, 2.45) is 4.99 Å². The van der Waals surface area contributed by atoms with Crippen molar-refractivity contribution in [1.29, 1.82) is 0 Å². The first kappa shape index (κ1) is 18.8. The summed E-state index contributed by atoms with van der Waals surface area (Å²) in [7, 11) is 0. The third kappa shape index (κ3) is 3.92. The summed E-state index contributed by atoms with van der Waals surface area (Å²) >= 11 is 0. The summed E-state index contributed by atoms with van der Waals surface area (Å²) in [5.41, 5.74) is -5.01. The first-order chi connectivity index (χ1) is 10.1. The molecule has 1 heterocycles. The Kier molecular flexibility index (Phi) is 4.42. The number of aliphatic imine (C=N–C) groups is 1. The molecule has 14 heteroatoms. The molecule has 0 saturated carbocycles. The van der Waals surface area contributed by atoms with Gasteiger partial charge in [0.05, 0.1) is 0 Å². The number of ketones is 1. The molecular formula is C9H2F9NO4. The molecule has 0 aliphatic carbocycles. The summed E-state index contributed by atoms with van der Waals surface area (Å²) in [5.74, 6) is -9.01. The zero-order chi connectivity index (χ0) is 18.4. The maximum absolute atomic E-state index is 12.3. The van der Waals surface area contributed by atoms with Gasteiger partial charge >= 0.3 is 24.5 Å². The van der Waals surface area contributed by atoms with Crippen LogP contribution in [0.3, 0.4) is 0 Å². The number of allylic oxidation sites excluding steroid dienone is 1. The van der Waals surface area contributed by atoms with E-state index in [0.29, 0.717) is 0 Å². The summed E-state index contributed by atoms with van der Waals surface area (Å²) < 4.78 is 114. The molecule has 0 radical (unpaired) electrons. The van der Waals surface area contributed by atoms with Gasteiger partial charge < -0.3 is 9.84 Å². The minimum atomic E-state index is -6.03. The molecular weight excluding hydrogens is 357 g/mol. The Morgan fingerprint density at radius 2 is 1.48 bits per heavy atom. The Morgan fingerprint density at radius 1 is 1.00 bits per heavy atom. The summed E-state index contributed by atoms with van der Waals surface area (Å²) in [6.45, 7) is 0. The fraction of sp³-hybridized carbons (Fsp3) is 0.444. The van der Waals surface area contributed by atoms with Crippen LogP contribution in [0.25, 0.3) is 0 Å². The van der Waals surface area contributed by atoms with Crippen LogP contribution in [0.1, 0.15) is 0 Å². The van der Waals surface area contributed by atoms with Crippen molar-refractivity contribution < 1.29 is 58.9 Å². The van der Waals surface area contributed by atoms with Gasteiger partial charge in [-0.25, -0.2) is 9.79 Å². The lowest BCUT2D eigenvalue weighted by molar-refractivity contribution is -0.210. The van der Waals surface area contributed by atoms with Gasteiger partial charge in [0, 0.05) is 0 Å². The quantitative estimate of drug-likeness (QED) is 0.356. The number of halogens is 9. The Hall–Kier alpha value is -2.28. The lowest BCUT2D eigenvalue weighted by Gasteiger charge is -2.12. The Morgan fingerprint density at radius 3 is 1.78 bits per heavy atom. The number of carbonyl (C=O) groups excluding carboxylic acids is 2. The van der Waals surface area contributed by atoms with Crippen LogP contribution in [0.5, 0.6) is 0 Å². The van der Waals surface area contributed by atoms with Crippen molar-refractivity contribution >= 4 is 17.5 Å². The molecule has 1 aliphatic rings. The zero-order valence-corrected chi connectivity index (χ0v) is 10.1. The van der Waals surface area contributed by atoms with Gasteiger partial charge in [0.1, 0.15) is 5.57 Å². The summed E-state index contributed by atoms with van der Waals surface area (Å²) in [5, 5.41) is 8.71. The molecule has 0 fully saturated rings. The molecule has 0 aromatic heterocycles. The van der Waals surface area contributed by atoms with Gasteiger partial charge in [-0.05, 0) is 0 Å². The van der Waals surface area contributed by atoms with Crippen LogP contribution in [0, 0.1) is 0 Å². The number of Topliss-reactive ketones (excluding diaryl/α,β-unsaturated/α-hetero) is 1. The van der Waals surface area contributed by atoms with Crippen molar-refractivity contribution in [3.8, 4) is 0 Å². The molecule has 1 N–H and O–H groups in total. The first-order valence-electron chi connectivity index (χ1n) is 5.04. The largest absolute Gasteiger partial charge is 0.504 e. The monoisotopic (exact) mass is 359 g/mol. The second kappa shape index (κ2) is 5.42. The molecule has 0 spiro atoms. The van der Waals surface area contributed by atoms with E-state index in [2.05, 4.69) is 9.73 Å². The van der Waals surface area contributed by atoms with Crippen LogP contribution >= 0.6 is 0 Å². The SMILES string of the molecule is O=C1O[C@H](C(F)(F)F)N=C1C(C(=O)C(F)(F)F)=C(O)C(F)(F)F. The van der Waals surface area contributed by atoms with Gasteiger partial charge in [-0.2, -0.15) is 39.5 Å². The number of carbonyl (C=O) groups is 2. The average Bonchev–Trinajstić information content (AvgIpc) is 2.69. The highest BCUT2D eigenvalue weighted by atomic mass is 19.4. The Bertz CT molecular complexity index is 596. The van der Waals surface area contributed by atoms with E-state index in [1.165, 1.54) is 0 Å². The molecule has 130 valence electrons. The van der Waals surface area contributed by atoms with Gasteiger partial charge in [0.2, 0.25) is 5.76 Å². The molecule has 5 nitrogen and oxygen atoms in total. The predicted octanol–water partition coefficient (Wildman–Crippen LogP) is 2.38. The minimum Gasteiger partial charge on any atom is -0.504 e. The number of esters is 1. The van der Waals surface area contributed by atoms with E-state index in [1.807, 2.05) is 0 Å². The van der Waals surface area contributed by atoms with Crippen LogP contribution in [-0.4, -0.2) is 47.3 Å². The molecule has 0 amide bonds. The Balaban J connectivity index is 3.56. The van der Waals surface area contributed by atoms with E-state index in [1.54, 1.807) is 0 Å². The number of aliphatic hydroxyl groups is 1. The predicted molar refractivity (Wildman–Crippen MR) is 50.1 cm³/mol. The average molecular weight is 359 g/mol. The van der Waals surface area contributed by atoms with E-state index in [0.717, 1.165) is 0 Å². The molecule has 0 unspecified atom stereocenters. The second-order valence-corrected chi connectivity index (χ2v) is 3.83. The van der Waals surface area contributed by atoms with Crippen LogP contribution in [0.2, 0.25) is 0 Å². The van der Waals surface area contributed by atoms with E-state index < -0.39 is 53.6 Å². The van der Waals surface area contributed by atoms with Crippen molar-refractivity contribution in [2.75, 3.05) is 0 Å². The van der Waals surface area contributed by atoms with Gasteiger partial charge in [-0.3, -0.25) is 4.79 Å². The smallest absolute Gasteiger partial charge is 0.455 e. The number of hydrogen-bond donors (Lipinski definition) is 1. The fourth-order valence-corrected chi connectivity index (χ4v) is 1.27. The third-order valence-electron chi connectivity index (χ3n) is 2.17. The number of ether oxygens (including phenoxy) is 1. The van der Waals surface area contributed by atoms with Crippen molar-refractivity contribution in [3.05, 3.63) is 11.3 Å². The summed E-state index contributed by atoms with van der Waals surface area (Å²) in [6, 6.07) is 0. The highest BCUT2D eigenvalue weighted by Gasteiger charge is 2.54. The van der Waals surface area contributed by atoms with Gasteiger partial charge in [0.25, 0.3) is 12.0 Å². The summed E-state index contributed by atoms with van der Waals surface area (Å²) in [4.78, 5) is 24.2. The van der Waals surface area contributed by atoms with Crippen molar-refractivity contribution in [3.63, 3.8) is 0 Å². The molecule has 1 aliphatic heterocycles. The molecule has 0 aromatic carbocycles. The second-order valence-electron chi connectivity index (χ2n) is 3.83. The maximum atomic E-state index is 12.3. The number of nitrogens with zero attached hydrogens (tertiary/aromatic N) is 1. The number of cyclic esters (lactones) is 1. The molecule has 1 rings (SSSR count). The van der Waals surface area contributed by atoms with Crippen LogP contribution < -0.4 is 0 Å². The van der Waals surface area contributed by atoms with E-state index in [9.17, 15) is 49.1 Å². The molecule has 23 heavy (non-hydrogen) atoms. The lowest BCUT2D eigenvalue weighted by Crippen LogP contribution is -2.34. The number of hydrogen-bond acceptors (Lipinski definition) is 5. The normalized spacial score (nSPS) is 20.8. The van der Waals surface area contributed by atoms with Crippen LogP contribution in [-0.2, 0) is 14.3 Å². The highest BCUT2D eigenvalue weighted by Crippen LogP contribution is 2.34. The van der Waals surface area contributed by atoms with E-state index in [4.69, 9.17) is 5.11 Å². The third-order valence-corrected chi connectivity index (χ3v) is 2.17. The fourth-order valence-electron chi connectivity index (χ4n) is 1.27. The molecule has 1 atom stereocenters. The number of alkyl halides is 9. The van der Waals surface area contributed by atoms with Gasteiger partial charge in [-0.1, -0.05) is 0 Å². The van der Waals surface area contributed by atoms with Crippen LogP contribution in [0.15, 0.2) is 16.3 Å². The standard InChI is InChI=1S/C9H2F9NO4/c10-7(11,12)3(20)1(4(21)8(13,14)15)2-5(22)23-6(19-2)9(16,17)18/h6,20H/t6-/m1/s1. The topological polar surface area (TPSA) is 76.0 Å². The zero-order valence-electron chi connectivity index (χ0n) is 10.1. The number of aliphatic hydroxyl groups excluding tert-OH is 1.